The van der Waals surface area contributed by atoms with Crippen LogP contribution in [-0.4, -0.2) is 4.57 Å². The van der Waals surface area contributed by atoms with Gasteiger partial charge in [-0.25, -0.2) is 0 Å². The smallest absolute Gasteiger partial charge is 0.135 e. The molecule has 0 unspecified atom stereocenters. The molecule has 3 heteroatoms. The van der Waals surface area contributed by atoms with Gasteiger partial charge in [-0.3, -0.25) is 0 Å². The summed E-state index contributed by atoms with van der Waals surface area (Å²) in [4.78, 5) is 2.31. The third-order valence-electron chi connectivity index (χ3n) is 11.2. The van der Waals surface area contributed by atoms with E-state index in [0.717, 1.165) is 44.7 Å². The quantitative estimate of drug-likeness (QED) is 0.163. The Kier molecular flexibility index (Phi) is 7.82. The Hall–Kier alpha value is -7.62. The second-order valence-electron chi connectivity index (χ2n) is 14.6. The number of nitrogens with zero attached hydrogens (tertiary/aromatic N) is 2. The molecular formula is C54H36N2O. The summed E-state index contributed by atoms with van der Waals surface area (Å²) in [5, 5.41) is 4.72. The Balaban J connectivity index is 0.938. The van der Waals surface area contributed by atoms with Crippen LogP contribution in [0.15, 0.2) is 223 Å². The molecule has 9 aromatic carbocycles. The predicted molar refractivity (Wildman–Crippen MR) is 239 cm³/mol. The minimum absolute atomic E-state index is 0.891. The molecule has 2 heterocycles. The van der Waals surface area contributed by atoms with Crippen LogP contribution in [0.1, 0.15) is 0 Å². The van der Waals surface area contributed by atoms with Crippen molar-refractivity contribution in [1.29, 1.82) is 0 Å². The second kappa shape index (κ2) is 13.6. The molecule has 0 aliphatic carbocycles. The van der Waals surface area contributed by atoms with E-state index in [4.69, 9.17) is 4.42 Å². The van der Waals surface area contributed by atoms with E-state index >= 15 is 0 Å². The highest BCUT2D eigenvalue weighted by Crippen LogP contribution is 2.40. The fraction of sp³-hybridized carbons (Fsp3) is 0. The van der Waals surface area contributed by atoms with Crippen LogP contribution in [0.25, 0.3) is 82.8 Å². The first-order chi connectivity index (χ1) is 28.2. The van der Waals surface area contributed by atoms with Gasteiger partial charge in [0.05, 0.1) is 11.0 Å². The summed E-state index contributed by atoms with van der Waals surface area (Å²) < 4.78 is 8.55. The van der Waals surface area contributed by atoms with Gasteiger partial charge >= 0.3 is 0 Å². The van der Waals surface area contributed by atoms with E-state index in [-0.39, 0.29) is 0 Å². The van der Waals surface area contributed by atoms with E-state index < -0.39 is 0 Å². The third-order valence-corrected chi connectivity index (χ3v) is 11.2. The fourth-order valence-corrected chi connectivity index (χ4v) is 8.42. The van der Waals surface area contributed by atoms with Gasteiger partial charge in [0.25, 0.3) is 0 Å². The van der Waals surface area contributed by atoms with Crippen LogP contribution < -0.4 is 4.90 Å². The van der Waals surface area contributed by atoms with Crippen molar-refractivity contribution in [3.63, 3.8) is 0 Å². The Morgan fingerprint density at radius 2 is 0.825 bits per heavy atom. The maximum Gasteiger partial charge on any atom is 0.135 e. The Bertz CT molecular complexity index is 3210. The summed E-state index contributed by atoms with van der Waals surface area (Å²) in [7, 11) is 0. The number of hydrogen-bond acceptors (Lipinski definition) is 2. The normalized spacial score (nSPS) is 11.5. The summed E-state index contributed by atoms with van der Waals surface area (Å²) in [5.41, 5.74) is 15.8. The summed E-state index contributed by atoms with van der Waals surface area (Å²) >= 11 is 0. The zero-order chi connectivity index (χ0) is 37.7. The molecule has 11 aromatic rings. The van der Waals surface area contributed by atoms with E-state index in [0.29, 0.717) is 0 Å². The van der Waals surface area contributed by atoms with Gasteiger partial charge in [0.15, 0.2) is 0 Å². The lowest BCUT2D eigenvalue weighted by atomic mass is 9.97. The van der Waals surface area contributed by atoms with E-state index in [2.05, 4.69) is 216 Å². The summed E-state index contributed by atoms with van der Waals surface area (Å²) in [6.45, 7) is 0. The molecule has 0 N–H and O–H groups in total. The lowest BCUT2D eigenvalue weighted by Crippen LogP contribution is -2.09. The molecule has 0 aliphatic rings. The highest BCUT2D eigenvalue weighted by molar-refractivity contribution is 6.10. The fourth-order valence-electron chi connectivity index (χ4n) is 8.42. The van der Waals surface area contributed by atoms with Gasteiger partial charge in [-0.1, -0.05) is 133 Å². The highest BCUT2D eigenvalue weighted by atomic mass is 16.3. The van der Waals surface area contributed by atoms with Crippen molar-refractivity contribution in [3.8, 4) is 39.1 Å². The van der Waals surface area contributed by atoms with Gasteiger partial charge in [0.1, 0.15) is 11.2 Å². The molecule has 268 valence electrons. The van der Waals surface area contributed by atoms with Crippen molar-refractivity contribution in [2.24, 2.45) is 0 Å². The molecule has 11 rings (SSSR count). The summed E-state index contributed by atoms with van der Waals surface area (Å²) in [6.07, 6.45) is 0. The zero-order valence-electron chi connectivity index (χ0n) is 31.1. The van der Waals surface area contributed by atoms with E-state index in [1.807, 2.05) is 12.1 Å². The molecule has 0 spiro atoms. The third kappa shape index (κ3) is 5.76. The Morgan fingerprint density at radius 3 is 1.63 bits per heavy atom. The standard InChI is InChI=1S/C54H36N2O/c1-3-12-37(13-4-1)38-22-29-45(30-23-38)56-51-20-9-7-18-47(51)49-35-42(26-32-52(49)56)41-15-11-14-40(34-41)39-24-27-44(28-25-39)55(43-16-5-2-6-17-43)46-31-33-54-50(36-46)48-19-8-10-21-53(48)57-54/h1-36H. The van der Waals surface area contributed by atoms with E-state index in [9.17, 15) is 0 Å². The minimum Gasteiger partial charge on any atom is -0.456 e. The predicted octanol–water partition coefficient (Wildman–Crippen LogP) is 15.2. The molecule has 0 atom stereocenters. The van der Waals surface area contributed by atoms with Crippen molar-refractivity contribution >= 4 is 60.8 Å². The molecular weight excluding hydrogens is 693 g/mol. The number of para-hydroxylation sites is 3. The summed E-state index contributed by atoms with van der Waals surface area (Å²) in [6, 6.07) is 78.1. The van der Waals surface area contributed by atoms with Crippen LogP contribution in [0, 0.1) is 0 Å². The molecule has 3 nitrogen and oxygen atoms in total. The van der Waals surface area contributed by atoms with Gasteiger partial charge in [-0.15, -0.1) is 0 Å². The van der Waals surface area contributed by atoms with Gasteiger partial charge in [-0.2, -0.15) is 0 Å². The van der Waals surface area contributed by atoms with Gasteiger partial charge in [0.2, 0.25) is 0 Å². The maximum atomic E-state index is 6.16. The monoisotopic (exact) mass is 728 g/mol. The first-order valence-electron chi connectivity index (χ1n) is 19.4. The SMILES string of the molecule is c1ccc(-c2ccc(-n3c4ccccc4c4cc(-c5cccc(-c6ccc(N(c7ccccc7)c7ccc8oc9ccccc9c8c7)cc6)c5)ccc43)cc2)cc1. The van der Waals surface area contributed by atoms with Crippen LogP contribution >= 0.6 is 0 Å². The van der Waals surface area contributed by atoms with Crippen molar-refractivity contribution in [2.75, 3.05) is 4.90 Å². The van der Waals surface area contributed by atoms with Crippen molar-refractivity contribution in [3.05, 3.63) is 218 Å². The van der Waals surface area contributed by atoms with Crippen LogP contribution in [0.3, 0.4) is 0 Å². The van der Waals surface area contributed by atoms with E-state index in [1.54, 1.807) is 0 Å². The average Bonchev–Trinajstić information content (AvgIpc) is 3.83. The molecule has 0 fully saturated rings. The van der Waals surface area contributed by atoms with Crippen LogP contribution in [-0.2, 0) is 0 Å². The van der Waals surface area contributed by atoms with Gasteiger partial charge < -0.3 is 13.9 Å². The van der Waals surface area contributed by atoms with Crippen LogP contribution in [0.2, 0.25) is 0 Å². The number of anilines is 3. The number of hydrogen-bond donors (Lipinski definition) is 0. The molecule has 0 saturated heterocycles. The van der Waals surface area contributed by atoms with Gasteiger partial charge in [-0.05, 0) is 118 Å². The van der Waals surface area contributed by atoms with Crippen LogP contribution in [0.5, 0.6) is 0 Å². The average molecular weight is 729 g/mol. The Labute approximate surface area is 330 Å². The molecule has 0 saturated carbocycles. The molecule has 0 aliphatic heterocycles. The minimum atomic E-state index is 0.891. The largest absolute Gasteiger partial charge is 0.456 e. The van der Waals surface area contributed by atoms with Crippen molar-refractivity contribution in [1.82, 2.24) is 4.57 Å². The number of aromatic nitrogens is 1. The summed E-state index contributed by atoms with van der Waals surface area (Å²) in [5.74, 6) is 0. The first-order valence-corrected chi connectivity index (χ1v) is 19.4. The zero-order valence-corrected chi connectivity index (χ0v) is 31.1. The Morgan fingerprint density at radius 1 is 0.298 bits per heavy atom. The number of rotatable bonds is 7. The lowest BCUT2D eigenvalue weighted by Gasteiger charge is -2.25. The number of benzene rings is 9. The highest BCUT2D eigenvalue weighted by Gasteiger charge is 2.17. The molecule has 0 radical (unpaired) electrons. The maximum absolute atomic E-state index is 6.16. The van der Waals surface area contributed by atoms with Crippen molar-refractivity contribution in [2.45, 2.75) is 0 Å². The van der Waals surface area contributed by atoms with Gasteiger partial charge in [0, 0.05) is 44.3 Å². The molecule has 0 bridgehead atoms. The van der Waals surface area contributed by atoms with Crippen molar-refractivity contribution < 1.29 is 4.42 Å². The second-order valence-corrected chi connectivity index (χ2v) is 14.6. The van der Waals surface area contributed by atoms with E-state index in [1.165, 1.54) is 55.2 Å². The molecule has 2 aromatic heterocycles. The first kappa shape index (κ1) is 32.8. The number of furan rings is 1. The lowest BCUT2D eigenvalue weighted by molar-refractivity contribution is 0.669. The topological polar surface area (TPSA) is 21.3 Å². The molecule has 57 heavy (non-hydrogen) atoms. The molecule has 0 amide bonds. The van der Waals surface area contributed by atoms with Crippen LogP contribution in [0.4, 0.5) is 17.1 Å². The number of fused-ring (bicyclic) bond motifs is 6.